The maximum atomic E-state index is 14.5. The fourth-order valence-electron chi connectivity index (χ4n) is 4.83. The van der Waals surface area contributed by atoms with E-state index in [-0.39, 0.29) is 21.9 Å². The Balaban J connectivity index is 2.10. The van der Waals surface area contributed by atoms with E-state index in [1.807, 2.05) is 6.07 Å². The van der Waals surface area contributed by atoms with E-state index >= 15 is 0 Å². The van der Waals surface area contributed by atoms with Crippen molar-refractivity contribution in [1.82, 2.24) is 4.98 Å². The average Bonchev–Trinajstić information content (AvgIpc) is 2.89. The highest BCUT2D eigenvalue weighted by atomic mass is 28.3. The van der Waals surface area contributed by atoms with Gasteiger partial charge in [-0.1, -0.05) is 100 Å². The molecule has 0 atom stereocenters. The molecule has 0 radical (unpaired) electrons. The fourth-order valence-corrected chi connectivity index (χ4v) is 5.99. The Hall–Kier alpha value is -3.39. The third-order valence-corrected chi connectivity index (χ3v) is 9.02. The van der Waals surface area contributed by atoms with E-state index in [2.05, 4.69) is 4.98 Å². The summed E-state index contributed by atoms with van der Waals surface area (Å²) in [5.74, 6) is 0. The molecule has 0 unspecified atom stereocenters. The molecule has 4 rings (SSSR count). The summed E-state index contributed by atoms with van der Waals surface area (Å²) < 4.78 is 112. The van der Waals surface area contributed by atoms with Gasteiger partial charge < -0.3 is 0 Å². The van der Waals surface area contributed by atoms with Gasteiger partial charge in [0.25, 0.3) is 0 Å². The lowest BCUT2D eigenvalue weighted by atomic mass is 9.79. The standard InChI is InChI=1S/C33H33F6NSi/c1-20-19-40-29(21-11-9-8-10-12-21)18-25(20)24-14-13-22(15-26(24)31(2,3)4)30-27(32(34,35)36)16-23(41(5,6)7)17-28(30)33(37,38)39/h8-19H,1-7H3/i1D3. The molecule has 1 nitrogen and oxygen atoms in total. The summed E-state index contributed by atoms with van der Waals surface area (Å²) in [4.78, 5) is 4.36. The van der Waals surface area contributed by atoms with E-state index < -0.39 is 49.4 Å². The number of hydrogen-bond acceptors (Lipinski definition) is 1. The van der Waals surface area contributed by atoms with Crippen LogP contribution in [0.2, 0.25) is 19.6 Å². The third kappa shape index (κ3) is 6.42. The Kier molecular flexibility index (Phi) is 6.76. The van der Waals surface area contributed by atoms with Crippen molar-refractivity contribution in [2.24, 2.45) is 0 Å². The van der Waals surface area contributed by atoms with Gasteiger partial charge in [-0.3, -0.25) is 4.98 Å². The number of nitrogens with zero attached hydrogens (tertiary/aromatic N) is 1. The molecule has 3 aromatic carbocycles. The third-order valence-electron chi connectivity index (χ3n) is 7.00. The van der Waals surface area contributed by atoms with Crippen LogP contribution in [0.25, 0.3) is 33.5 Å². The minimum atomic E-state index is -5.06. The van der Waals surface area contributed by atoms with Gasteiger partial charge in [0.2, 0.25) is 0 Å². The van der Waals surface area contributed by atoms with Crippen molar-refractivity contribution >= 4 is 13.3 Å². The first-order chi connectivity index (χ1) is 20.0. The molecule has 0 amide bonds. The van der Waals surface area contributed by atoms with Crippen molar-refractivity contribution in [1.29, 1.82) is 0 Å². The second-order valence-corrected chi connectivity index (χ2v) is 17.3. The van der Waals surface area contributed by atoms with Crippen LogP contribution in [0.1, 0.15) is 47.1 Å². The molecule has 4 aromatic rings. The van der Waals surface area contributed by atoms with E-state index in [0.717, 1.165) is 12.1 Å². The second-order valence-electron chi connectivity index (χ2n) is 12.2. The predicted octanol–water partition coefficient (Wildman–Crippen LogP) is 10.3. The van der Waals surface area contributed by atoms with Crippen molar-refractivity contribution in [3.8, 4) is 33.5 Å². The van der Waals surface area contributed by atoms with Crippen LogP contribution in [-0.2, 0) is 17.8 Å². The van der Waals surface area contributed by atoms with E-state index in [9.17, 15) is 26.3 Å². The van der Waals surface area contributed by atoms with E-state index in [1.165, 1.54) is 24.4 Å². The van der Waals surface area contributed by atoms with Crippen LogP contribution in [0.5, 0.6) is 0 Å². The number of aromatic nitrogens is 1. The van der Waals surface area contributed by atoms with Crippen LogP contribution < -0.4 is 5.19 Å². The molecular formula is C33H33F6NSi. The zero-order valence-corrected chi connectivity index (χ0v) is 24.6. The molecule has 0 saturated carbocycles. The fraction of sp³-hybridized carbons (Fsp3) is 0.303. The molecule has 0 spiro atoms. The van der Waals surface area contributed by atoms with Gasteiger partial charge in [-0.15, -0.1) is 0 Å². The minimum Gasteiger partial charge on any atom is -0.256 e. The van der Waals surface area contributed by atoms with E-state index in [4.69, 9.17) is 4.11 Å². The maximum absolute atomic E-state index is 14.5. The molecule has 8 heteroatoms. The Bertz CT molecular complexity index is 1640. The highest BCUT2D eigenvalue weighted by Gasteiger charge is 2.43. The predicted molar refractivity (Wildman–Crippen MR) is 157 cm³/mol. The Morgan fingerprint density at radius 3 is 1.76 bits per heavy atom. The topological polar surface area (TPSA) is 12.9 Å². The van der Waals surface area contributed by atoms with E-state index in [1.54, 1.807) is 70.7 Å². The number of hydrogen-bond donors (Lipinski definition) is 0. The summed E-state index contributed by atoms with van der Waals surface area (Å²) in [6.45, 7) is 7.79. The first-order valence-corrected chi connectivity index (χ1v) is 16.5. The van der Waals surface area contributed by atoms with Crippen molar-refractivity contribution in [2.75, 3.05) is 0 Å². The zero-order valence-electron chi connectivity index (χ0n) is 26.6. The first kappa shape index (κ1) is 26.5. The monoisotopic (exact) mass is 588 g/mol. The molecule has 41 heavy (non-hydrogen) atoms. The van der Waals surface area contributed by atoms with Gasteiger partial charge in [0.1, 0.15) is 0 Å². The highest BCUT2D eigenvalue weighted by molar-refractivity contribution is 6.88. The lowest BCUT2D eigenvalue weighted by Crippen LogP contribution is -2.39. The summed E-state index contributed by atoms with van der Waals surface area (Å²) in [6, 6.07) is 16.3. The normalized spacial score (nSPS) is 14.4. The Morgan fingerprint density at radius 2 is 1.27 bits per heavy atom. The molecule has 0 fully saturated rings. The Morgan fingerprint density at radius 1 is 0.683 bits per heavy atom. The maximum Gasteiger partial charge on any atom is 0.417 e. The summed E-state index contributed by atoms with van der Waals surface area (Å²) in [6.07, 6.45) is -8.87. The van der Waals surface area contributed by atoms with Crippen LogP contribution in [0, 0.1) is 6.85 Å². The van der Waals surface area contributed by atoms with Gasteiger partial charge in [-0.25, -0.2) is 0 Å². The van der Waals surface area contributed by atoms with Crippen LogP contribution in [-0.4, -0.2) is 13.1 Å². The quantitative estimate of drug-likeness (QED) is 0.171. The van der Waals surface area contributed by atoms with Gasteiger partial charge in [0.15, 0.2) is 0 Å². The van der Waals surface area contributed by atoms with Gasteiger partial charge in [-0.2, -0.15) is 26.3 Å². The van der Waals surface area contributed by atoms with Crippen molar-refractivity contribution in [2.45, 2.75) is 65.0 Å². The molecule has 0 N–H and O–H groups in total. The van der Waals surface area contributed by atoms with Crippen LogP contribution in [0.4, 0.5) is 26.3 Å². The first-order valence-electron chi connectivity index (χ1n) is 14.5. The smallest absolute Gasteiger partial charge is 0.256 e. The molecule has 216 valence electrons. The van der Waals surface area contributed by atoms with Crippen molar-refractivity contribution < 1.29 is 30.5 Å². The number of alkyl halides is 6. The Labute approximate surface area is 242 Å². The zero-order chi connectivity index (χ0) is 33.0. The lowest BCUT2D eigenvalue weighted by molar-refractivity contribution is -0.141. The van der Waals surface area contributed by atoms with Crippen molar-refractivity contribution in [3.05, 3.63) is 95.2 Å². The summed E-state index contributed by atoms with van der Waals surface area (Å²) in [5, 5.41) is 0.0427. The molecule has 0 aliphatic heterocycles. The summed E-state index contributed by atoms with van der Waals surface area (Å²) >= 11 is 0. The molecule has 0 bridgehead atoms. The number of benzene rings is 3. The van der Waals surface area contributed by atoms with Gasteiger partial charge in [0, 0.05) is 21.4 Å². The molecule has 1 aromatic heterocycles. The number of aryl methyl sites for hydroxylation is 1. The minimum absolute atomic E-state index is 0.0427. The number of pyridine rings is 1. The van der Waals surface area contributed by atoms with Crippen LogP contribution in [0.15, 0.2) is 72.9 Å². The molecular weight excluding hydrogens is 552 g/mol. The summed E-state index contributed by atoms with van der Waals surface area (Å²) in [5.41, 5.74) is -2.56. The van der Waals surface area contributed by atoms with Gasteiger partial charge >= 0.3 is 12.4 Å². The largest absolute Gasteiger partial charge is 0.417 e. The second kappa shape index (κ2) is 10.5. The van der Waals surface area contributed by atoms with E-state index in [0.29, 0.717) is 22.4 Å². The summed E-state index contributed by atoms with van der Waals surface area (Å²) in [7, 11) is -2.59. The molecule has 0 aliphatic rings. The average molecular weight is 589 g/mol. The lowest BCUT2D eigenvalue weighted by Gasteiger charge is -2.28. The van der Waals surface area contributed by atoms with Crippen molar-refractivity contribution in [3.63, 3.8) is 0 Å². The SMILES string of the molecule is [2H]C([2H])([2H])c1cnc(-c2ccccc2)cc1-c1ccc(-c2c(C(F)(F)F)cc([Si](C)(C)C)cc2C(F)(F)F)cc1C(C)(C)C. The molecule has 0 saturated heterocycles. The number of rotatable bonds is 4. The molecule has 0 aliphatic carbocycles. The number of halogens is 6. The van der Waals surface area contributed by atoms with Gasteiger partial charge in [0.05, 0.1) is 24.9 Å². The van der Waals surface area contributed by atoms with Gasteiger partial charge in [-0.05, 0) is 52.2 Å². The van der Waals surface area contributed by atoms with Crippen LogP contribution >= 0.6 is 0 Å². The van der Waals surface area contributed by atoms with Crippen LogP contribution in [0.3, 0.4) is 0 Å². The molecule has 1 heterocycles. The highest BCUT2D eigenvalue weighted by Crippen LogP contribution is 2.46.